The number of aromatic nitrogens is 3. The summed E-state index contributed by atoms with van der Waals surface area (Å²) in [5.41, 5.74) is 0.933. The van der Waals surface area contributed by atoms with Crippen molar-refractivity contribution in [3.8, 4) is 17.1 Å². The minimum Gasteiger partial charge on any atom is -0.507 e. The lowest BCUT2D eigenvalue weighted by atomic mass is 10.2. The van der Waals surface area contributed by atoms with Crippen LogP contribution in [0, 0.1) is 10.1 Å². The average molecular weight is 371 g/mol. The van der Waals surface area contributed by atoms with E-state index in [-0.39, 0.29) is 23.1 Å². The number of nitrogens with zero attached hydrogens (tertiary/aromatic N) is 3. The molecule has 1 heterocycles. The molecule has 0 atom stereocenters. The molecule has 0 radical (unpaired) electrons. The summed E-state index contributed by atoms with van der Waals surface area (Å²) in [6.07, 6.45) is 0. The van der Waals surface area contributed by atoms with Gasteiger partial charge in [0, 0.05) is 17.8 Å². The monoisotopic (exact) mass is 371 g/mol. The number of phenols is 1. The first-order valence-corrected chi connectivity index (χ1v) is 8.39. The van der Waals surface area contributed by atoms with E-state index < -0.39 is 4.92 Å². The van der Waals surface area contributed by atoms with Gasteiger partial charge in [-0.15, -0.1) is 5.10 Å². The maximum atomic E-state index is 12.0. The van der Waals surface area contributed by atoms with E-state index in [0.717, 1.165) is 11.8 Å². The smallest absolute Gasteiger partial charge is 0.269 e. The van der Waals surface area contributed by atoms with Gasteiger partial charge in [0.1, 0.15) is 5.75 Å². The van der Waals surface area contributed by atoms with E-state index >= 15 is 0 Å². The van der Waals surface area contributed by atoms with Crippen LogP contribution < -0.4 is 5.32 Å². The first-order chi connectivity index (χ1) is 12.5. The highest BCUT2D eigenvalue weighted by atomic mass is 32.2. The van der Waals surface area contributed by atoms with E-state index in [1.54, 1.807) is 24.3 Å². The fourth-order valence-electron chi connectivity index (χ4n) is 2.10. The number of thioether (sulfide) groups is 1. The predicted molar refractivity (Wildman–Crippen MR) is 95.9 cm³/mol. The van der Waals surface area contributed by atoms with Gasteiger partial charge in [-0.05, 0) is 24.3 Å². The van der Waals surface area contributed by atoms with Gasteiger partial charge >= 0.3 is 0 Å². The van der Waals surface area contributed by atoms with Crippen molar-refractivity contribution in [1.82, 2.24) is 15.2 Å². The molecule has 2 aromatic carbocycles. The number of nitrogens with one attached hydrogen (secondary N) is 2. The summed E-state index contributed by atoms with van der Waals surface area (Å²) in [6, 6.07) is 12.3. The Morgan fingerprint density at radius 3 is 2.65 bits per heavy atom. The Bertz CT molecular complexity index is 942. The average Bonchev–Trinajstić information content (AvgIpc) is 3.09. The number of aromatic hydroxyl groups is 1. The minimum atomic E-state index is -0.507. The largest absolute Gasteiger partial charge is 0.507 e. The van der Waals surface area contributed by atoms with Crippen LogP contribution in [0.5, 0.6) is 5.75 Å². The summed E-state index contributed by atoms with van der Waals surface area (Å²) in [4.78, 5) is 26.3. The molecule has 0 unspecified atom stereocenters. The fourth-order valence-corrected chi connectivity index (χ4v) is 2.70. The van der Waals surface area contributed by atoms with Gasteiger partial charge in [0.25, 0.3) is 5.69 Å². The Balaban J connectivity index is 1.56. The molecule has 0 aliphatic rings. The van der Waals surface area contributed by atoms with E-state index in [4.69, 9.17) is 0 Å². The van der Waals surface area contributed by atoms with Crippen LogP contribution in [0.15, 0.2) is 53.7 Å². The van der Waals surface area contributed by atoms with Crippen molar-refractivity contribution < 1.29 is 14.8 Å². The van der Waals surface area contributed by atoms with Gasteiger partial charge < -0.3 is 10.4 Å². The molecule has 0 bridgehead atoms. The molecule has 1 amide bonds. The van der Waals surface area contributed by atoms with Crippen molar-refractivity contribution in [2.45, 2.75) is 5.16 Å². The SMILES string of the molecule is O=C(CSc1n[nH]c(-c2ccccc2O)n1)Nc1ccc([N+](=O)[O-])cc1. The Morgan fingerprint density at radius 1 is 1.23 bits per heavy atom. The van der Waals surface area contributed by atoms with Crippen LogP contribution in [-0.4, -0.2) is 36.9 Å². The fraction of sp³-hybridized carbons (Fsp3) is 0.0625. The van der Waals surface area contributed by atoms with E-state index in [1.165, 1.54) is 24.3 Å². The van der Waals surface area contributed by atoms with Gasteiger partial charge in [-0.1, -0.05) is 23.9 Å². The Hall–Kier alpha value is -3.40. The number of carbonyl (C=O) groups is 1. The second kappa shape index (κ2) is 7.66. The number of benzene rings is 2. The number of amides is 1. The first-order valence-electron chi connectivity index (χ1n) is 7.41. The summed E-state index contributed by atoms with van der Waals surface area (Å²) >= 11 is 1.12. The molecule has 1 aromatic heterocycles. The number of hydrogen-bond acceptors (Lipinski definition) is 7. The number of rotatable bonds is 6. The number of nitro groups is 1. The lowest BCUT2D eigenvalue weighted by molar-refractivity contribution is -0.384. The maximum Gasteiger partial charge on any atom is 0.269 e. The van der Waals surface area contributed by atoms with Crippen LogP contribution in [0.4, 0.5) is 11.4 Å². The van der Waals surface area contributed by atoms with Crippen molar-refractivity contribution in [2.24, 2.45) is 0 Å². The van der Waals surface area contributed by atoms with Crippen molar-refractivity contribution in [1.29, 1.82) is 0 Å². The number of hydrogen-bond donors (Lipinski definition) is 3. The quantitative estimate of drug-likeness (QED) is 0.344. The highest BCUT2D eigenvalue weighted by Crippen LogP contribution is 2.27. The first kappa shape index (κ1) is 17.4. The molecule has 0 fully saturated rings. The van der Waals surface area contributed by atoms with Gasteiger partial charge in [-0.3, -0.25) is 20.0 Å². The van der Waals surface area contributed by atoms with Crippen molar-refractivity contribution in [2.75, 3.05) is 11.1 Å². The maximum absolute atomic E-state index is 12.0. The molecule has 3 rings (SSSR count). The zero-order chi connectivity index (χ0) is 18.5. The second-order valence-corrected chi connectivity index (χ2v) is 6.07. The van der Waals surface area contributed by atoms with E-state index in [2.05, 4.69) is 20.5 Å². The highest BCUT2D eigenvalue weighted by molar-refractivity contribution is 7.99. The van der Waals surface area contributed by atoms with Crippen LogP contribution in [0.25, 0.3) is 11.4 Å². The van der Waals surface area contributed by atoms with Crippen molar-refractivity contribution in [3.63, 3.8) is 0 Å². The van der Waals surface area contributed by atoms with E-state index in [1.807, 2.05) is 0 Å². The third-order valence-corrected chi connectivity index (χ3v) is 4.17. The molecule has 132 valence electrons. The molecule has 0 saturated heterocycles. The van der Waals surface area contributed by atoms with E-state index in [9.17, 15) is 20.0 Å². The summed E-state index contributed by atoms with van der Waals surface area (Å²) in [7, 11) is 0. The third kappa shape index (κ3) is 4.16. The number of H-pyrrole nitrogens is 1. The molecular weight excluding hydrogens is 358 g/mol. The Labute approximate surface area is 151 Å². The minimum absolute atomic E-state index is 0.0465. The zero-order valence-corrected chi connectivity index (χ0v) is 14.1. The van der Waals surface area contributed by atoms with Crippen molar-refractivity contribution in [3.05, 3.63) is 58.6 Å². The Morgan fingerprint density at radius 2 is 1.96 bits per heavy atom. The molecule has 0 spiro atoms. The van der Waals surface area contributed by atoms with Gasteiger partial charge in [0.15, 0.2) is 5.82 Å². The number of anilines is 1. The van der Waals surface area contributed by atoms with Gasteiger partial charge in [-0.25, -0.2) is 4.98 Å². The third-order valence-electron chi connectivity index (χ3n) is 3.32. The summed E-state index contributed by atoms with van der Waals surface area (Å²) in [5, 5.41) is 30.1. The second-order valence-electron chi connectivity index (χ2n) is 5.12. The number of para-hydroxylation sites is 1. The highest BCUT2D eigenvalue weighted by Gasteiger charge is 2.12. The molecular formula is C16H13N5O4S. The summed E-state index contributed by atoms with van der Waals surface area (Å²) in [5.74, 6) is 0.255. The lowest BCUT2D eigenvalue weighted by Gasteiger charge is -2.03. The van der Waals surface area contributed by atoms with E-state index in [0.29, 0.717) is 22.2 Å². The topological polar surface area (TPSA) is 134 Å². The van der Waals surface area contributed by atoms with Crippen LogP contribution in [-0.2, 0) is 4.79 Å². The number of aromatic amines is 1. The molecule has 0 aliphatic carbocycles. The van der Waals surface area contributed by atoms with Crippen LogP contribution in [0.1, 0.15) is 0 Å². The normalized spacial score (nSPS) is 10.5. The van der Waals surface area contributed by atoms with Gasteiger partial charge in [-0.2, -0.15) is 0 Å². The van der Waals surface area contributed by atoms with Gasteiger partial charge in [0.2, 0.25) is 11.1 Å². The summed E-state index contributed by atoms with van der Waals surface area (Å²) < 4.78 is 0. The zero-order valence-electron chi connectivity index (χ0n) is 13.2. The van der Waals surface area contributed by atoms with Gasteiger partial charge in [0.05, 0.1) is 16.2 Å². The molecule has 3 N–H and O–H groups in total. The molecule has 9 nitrogen and oxygen atoms in total. The lowest BCUT2D eigenvalue weighted by Crippen LogP contribution is -2.14. The predicted octanol–water partition coefficient (Wildman–Crippen LogP) is 2.82. The van der Waals surface area contributed by atoms with Crippen LogP contribution in [0.2, 0.25) is 0 Å². The standard InChI is InChI=1S/C16H13N5O4S/c22-13-4-2-1-3-12(13)15-18-16(20-19-15)26-9-14(23)17-10-5-7-11(8-6-10)21(24)25/h1-8,22H,9H2,(H,17,23)(H,18,19,20). The summed E-state index contributed by atoms with van der Waals surface area (Å²) in [6.45, 7) is 0. The number of carbonyl (C=O) groups excluding carboxylic acids is 1. The molecule has 10 heteroatoms. The molecule has 26 heavy (non-hydrogen) atoms. The molecule has 0 aliphatic heterocycles. The number of non-ortho nitro benzene ring substituents is 1. The molecule has 0 saturated carbocycles. The number of phenolic OH excluding ortho intramolecular Hbond substituents is 1. The Kier molecular flexibility index (Phi) is 5.13. The van der Waals surface area contributed by atoms with Crippen LogP contribution in [0.3, 0.4) is 0 Å². The van der Waals surface area contributed by atoms with Crippen molar-refractivity contribution >= 4 is 29.0 Å². The molecule has 3 aromatic rings. The number of nitro benzene ring substituents is 1. The van der Waals surface area contributed by atoms with Crippen LogP contribution >= 0.6 is 11.8 Å².